The molecule has 0 bridgehead atoms. The lowest BCUT2D eigenvalue weighted by Crippen LogP contribution is -2.46. The average molecular weight is 558 g/mol. The van der Waals surface area contributed by atoms with Crippen LogP contribution in [0.4, 0.5) is 16.2 Å². The Kier molecular flexibility index (Phi) is 6.13. The van der Waals surface area contributed by atoms with Crippen molar-refractivity contribution in [3.05, 3.63) is 83.1 Å². The molecule has 40 heavy (non-hydrogen) atoms. The molecule has 3 aromatic carbocycles. The second-order valence-electron chi connectivity index (χ2n) is 9.80. The normalized spacial score (nSPS) is 15.2. The topological polar surface area (TPSA) is 94.6 Å². The minimum atomic E-state index is -0.224. The first-order valence-electron chi connectivity index (χ1n) is 13.0. The molecule has 11 heteroatoms. The van der Waals surface area contributed by atoms with Gasteiger partial charge in [0.05, 0.1) is 16.8 Å². The first-order chi connectivity index (χ1) is 19.5. The van der Waals surface area contributed by atoms with Crippen LogP contribution in [-0.4, -0.2) is 57.6 Å². The largest absolute Gasteiger partial charge is 0.454 e. The molecule has 1 saturated heterocycles. The second kappa shape index (κ2) is 9.96. The van der Waals surface area contributed by atoms with Crippen molar-refractivity contribution in [2.75, 3.05) is 43.6 Å². The molecular formula is C29H25ClFN7O2. The Hall–Kier alpha value is -4.41. The molecule has 0 radical (unpaired) electrons. The number of aromatic nitrogens is 4. The van der Waals surface area contributed by atoms with Crippen LogP contribution in [0.1, 0.15) is 5.56 Å². The zero-order chi connectivity index (χ0) is 27.2. The third-order valence-corrected chi connectivity index (χ3v) is 7.50. The molecule has 0 aliphatic carbocycles. The van der Waals surface area contributed by atoms with Gasteiger partial charge in [-0.2, -0.15) is 4.98 Å². The Morgan fingerprint density at radius 2 is 1.62 bits per heavy atom. The second-order valence-corrected chi connectivity index (χ2v) is 10.2. The molecule has 1 fully saturated rings. The molecule has 2 N–H and O–H groups in total. The average Bonchev–Trinajstić information content (AvgIpc) is 3.58. The van der Waals surface area contributed by atoms with E-state index in [1.807, 2.05) is 42.5 Å². The van der Waals surface area contributed by atoms with Gasteiger partial charge in [0.25, 0.3) is 0 Å². The van der Waals surface area contributed by atoms with Crippen LogP contribution in [0.3, 0.4) is 0 Å². The summed E-state index contributed by atoms with van der Waals surface area (Å²) in [6.45, 7) is 4.06. The summed E-state index contributed by atoms with van der Waals surface area (Å²) in [5.41, 5.74) is 10.5. The van der Waals surface area contributed by atoms with Crippen LogP contribution in [0, 0.1) is 5.82 Å². The summed E-state index contributed by atoms with van der Waals surface area (Å²) in [7, 11) is 0. The molecule has 5 aromatic rings. The predicted molar refractivity (Wildman–Crippen MR) is 152 cm³/mol. The molecule has 0 saturated carbocycles. The molecule has 2 aromatic heterocycles. The van der Waals surface area contributed by atoms with E-state index in [0.717, 1.165) is 49.5 Å². The maximum atomic E-state index is 13.3. The molecule has 0 spiro atoms. The van der Waals surface area contributed by atoms with E-state index in [4.69, 9.17) is 41.9 Å². The Labute approximate surface area is 234 Å². The number of nitrogen functional groups attached to an aromatic ring is 1. The van der Waals surface area contributed by atoms with E-state index in [0.29, 0.717) is 45.0 Å². The number of fused-ring (bicyclic) bond motifs is 2. The van der Waals surface area contributed by atoms with Crippen molar-refractivity contribution in [2.45, 2.75) is 6.54 Å². The van der Waals surface area contributed by atoms with Crippen molar-refractivity contribution >= 4 is 34.4 Å². The number of nitrogens with zero attached hydrogens (tertiary/aromatic N) is 6. The van der Waals surface area contributed by atoms with Gasteiger partial charge in [0.2, 0.25) is 12.7 Å². The number of rotatable bonds is 5. The fourth-order valence-electron chi connectivity index (χ4n) is 5.13. The fraction of sp³-hybridized carbons (Fsp3) is 0.207. The van der Waals surface area contributed by atoms with Gasteiger partial charge < -0.3 is 20.1 Å². The minimum Gasteiger partial charge on any atom is -0.454 e. The SMILES string of the molecule is Nc1c2c(-c3ccc4c(c3)OCO4)nc(N3CCN(Cc4ccc(F)cc4)CC3)nc2nn1-c1ccc(Cl)cc1. The van der Waals surface area contributed by atoms with Gasteiger partial charge in [-0.15, -0.1) is 5.10 Å². The highest BCUT2D eigenvalue weighted by Crippen LogP contribution is 2.39. The summed E-state index contributed by atoms with van der Waals surface area (Å²) < 4.78 is 26.1. The minimum absolute atomic E-state index is 0.183. The number of anilines is 2. The number of piperazine rings is 1. The van der Waals surface area contributed by atoms with Crippen molar-refractivity contribution in [1.29, 1.82) is 0 Å². The van der Waals surface area contributed by atoms with Gasteiger partial charge in [0.15, 0.2) is 17.1 Å². The molecule has 0 atom stereocenters. The van der Waals surface area contributed by atoms with Crippen molar-refractivity contribution in [3.63, 3.8) is 0 Å². The molecule has 7 rings (SSSR count). The highest BCUT2D eigenvalue weighted by atomic mass is 35.5. The first kappa shape index (κ1) is 24.6. The Morgan fingerprint density at radius 3 is 2.40 bits per heavy atom. The van der Waals surface area contributed by atoms with E-state index in [9.17, 15) is 4.39 Å². The van der Waals surface area contributed by atoms with Gasteiger partial charge in [-0.3, -0.25) is 4.90 Å². The van der Waals surface area contributed by atoms with Crippen LogP contribution >= 0.6 is 11.6 Å². The monoisotopic (exact) mass is 557 g/mol. The fourth-order valence-corrected chi connectivity index (χ4v) is 5.25. The van der Waals surface area contributed by atoms with Gasteiger partial charge in [-0.25, -0.2) is 14.1 Å². The molecule has 4 heterocycles. The van der Waals surface area contributed by atoms with Crippen LogP contribution in [0.25, 0.3) is 28.0 Å². The highest BCUT2D eigenvalue weighted by molar-refractivity contribution is 6.30. The highest BCUT2D eigenvalue weighted by Gasteiger charge is 2.25. The van der Waals surface area contributed by atoms with Gasteiger partial charge in [0.1, 0.15) is 11.6 Å². The number of ether oxygens (including phenoxy) is 2. The Balaban J connectivity index is 1.25. The predicted octanol–water partition coefficient (Wildman–Crippen LogP) is 4.91. The Morgan fingerprint density at radius 1 is 0.875 bits per heavy atom. The van der Waals surface area contributed by atoms with E-state index in [1.54, 1.807) is 16.8 Å². The first-order valence-corrected chi connectivity index (χ1v) is 13.3. The lowest BCUT2D eigenvalue weighted by atomic mass is 10.1. The lowest BCUT2D eigenvalue weighted by Gasteiger charge is -2.34. The maximum Gasteiger partial charge on any atom is 0.231 e. The molecule has 0 unspecified atom stereocenters. The van der Waals surface area contributed by atoms with E-state index < -0.39 is 0 Å². The lowest BCUT2D eigenvalue weighted by molar-refractivity contribution is 0.174. The summed E-state index contributed by atoms with van der Waals surface area (Å²) >= 11 is 6.11. The molecule has 2 aliphatic rings. The summed E-state index contributed by atoms with van der Waals surface area (Å²) in [5, 5.41) is 6.06. The van der Waals surface area contributed by atoms with Crippen molar-refractivity contribution < 1.29 is 13.9 Å². The summed E-state index contributed by atoms with van der Waals surface area (Å²) in [4.78, 5) is 14.4. The van der Waals surface area contributed by atoms with E-state index in [1.165, 1.54) is 12.1 Å². The number of benzene rings is 3. The van der Waals surface area contributed by atoms with E-state index in [2.05, 4.69) is 9.80 Å². The zero-order valence-corrected chi connectivity index (χ0v) is 22.2. The van der Waals surface area contributed by atoms with E-state index >= 15 is 0 Å². The van der Waals surface area contributed by atoms with Crippen LogP contribution in [0.5, 0.6) is 11.5 Å². The third kappa shape index (κ3) is 4.55. The smallest absolute Gasteiger partial charge is 0.231 e. The molecule has 0 amide bonds. The van der Waals surface area contributed by atoms with Crippen LogP contribution in [0.2, 0.25) is 5.02 Å². The maximum absolute atomic E-state index is 13.3. The standard InChI is InChI=1S/C29H25ClFN7O2/c30-20-4-8-22(9-5-20)38-27(32)25-26(19-3-10-23-24(15-19)40-17-39-23)33-29(34-28(25)35-38)37-13-11-36(12-14-37)16-18-1-6-21(31)7-2-18/h1-10,15H,11-14,16-17,32H2. The number of nitrogens with two attached hydrogens (primary N) is 1. The van der Waals surface area contributed by atoms with Crippen LogP contribution in [0.15, 0.2) is 66.7 Å². The van der Waals surface area contributed by atoms with Crippen LogP contribution in [-0.2, 0) is 6.54 Å². The van der Waals surface area contributed by atoms with Crippen molar-refractivity contribution in [1.82, 2.24) is 24.6 Å². The van der Waals surface area contributed by atoms with Gasteiger partial charge in [-0.1, -0.05) is 23.7 Å². The number of hydrogen-bond donors (Lipinski definition) is 1. The van der Waals surface area contributed by atoms with Crippen molar-refractivity contribution in [3.8, 4) is 28.4 Å². The van der Waals surface area contributed by atoms with Gasteiger partial charge in [0, 0.05) is 43.3 Å². The number of hydrogen-bond acceptors (Lipinski definition) is 8. The molecule has 202 valence electrons. The number of halogens is 2. The molecule has 2 aliphatic heterocycles. The summed E-state index contributed by atoms with van der Waals surface area (Å²) in [6.07, 6.45) is 0. The van der Waals surface area contributed by atoms with Crippen molar-refractivity contribution in [2.24, 2.45) is 0 Å². The third-order valence-electron chi connectivity index (χ3n) is 7.25. The quantitative estimate of drug-likeness (QED) is 0.326. The van der Waals surface area contributed by atoms with Gasteiger partial charge >= 0.3 is 0 Å². The Bertz CT molecular complexity index is 1700. The van der Waals surface area contributed by atoms with Crippen LogP contribution < -0.4 is 20.1 Å². The summed E-state index contributed by atoms with van der Waals surface area (Å²) in [5.74, 6) is 2.14. The van der Waals surface area contributed by atoms with E-state index in [-0.39, 0.29) is 12.6 Å². The summed E-state index contributed by atoms with van der Waals surface area (Å²) in [6, 6.07) is 19.7. The zero-order valence-electron chi connectivity index (χ0n) is 21.4. The molecule has 9 nitrogen and oxygen atoms in total. The van der Waals surface area contributed by atoms with Gasteiger partial charge in [-0.05, 0) is 60.2 Å². The molecular weight excluding hydrogens is 533 g/mol.